The van der Waals surface area contributed by atoms with Gasteiger partial charge in [-0.05, 0) is 23.8 Å². The second-order valence-corrected chi connectivity index (χ2v) is 4.70. The maximum Gasteiger partial charge on any atom is 0.209 e. The van der Waals surface area contributed by atoms with Crippen molar-refractivity contribution in [2.75, 3.05) is 0 Å². The number of carbonyl (C=O) groups excluding carboxylic acids is 1. The highest BCUT2D eigenvalue weighted by Gasteiger charge is 2.12. The molecule has 0 fully saturated rings. The third-order valence-electron chi connectivity index (χ3n) is 2.34. The fourth-order valence-corrected chi connectivity index (χ4v) is 1.74. The fourth-order valence-electron chi connectivity index (χ4n) is 1.48. The average Bonchev–Trinajstić information content (AvgIpc) is 2.67. The van der Waals surface area contributed by atoms with E-state index in [4.69, 9.17) is 0 Å². The molecule has 0 saturated carbocycles. The summed E-state index contributed by atoms with van der Waals surface area (Å²) in [5.41, 5.74) is 0.966. The smallest absolute Gasteiger partial charge is 0.209 e. The zero-order valence-corrected chi connectivity index (χ0v) is 11.3. The summed E-state index contributed by atoms with van der Waals surface area (Å²) in [5, 5.41) is 13.4. The average molecular weight is 307 g/mol. The molecular weight excluding hydrogens is 296 g/mol. The van der Waals surface area contributed by atoms with Crippen molar-refractivity contribution in [2.45, 2.75) is 0 Å². The van der Waals surface area contributed by atoms with Crippen LogP contribution in [-0.2, 0) is 7.05 Å². The van der Waals surface area contributed by atoms with E-state index in [0.29, 0.717) is 0 Å². The number of carbonyl (C=O) groups is 1. The van der Waals surface area contributed by atoms with Gasteiger partial charge in [-0.3, -0.25) is 9.48 Å². The van der Waals surface area contributed by atoms with Crippen molar-refractivity contribution in [3.63, 3.8) is 0 Å². The quantitative estimate of drug-likeness (QED) is 0.701. The van der Waals surface area contributed by atoms with Gasteiger partial charge in [-0.1, -0.05) is 34.1 Å². The molecule has 2 aromatic rings. The van der Waals surface area contributed by atoms with Gasteiger partial charge < -0.3 is 5.11 Å². The molecule has 0 aliphatic carbocycles. The van der Waals surface area contributed by atoms with Crippen molar-refractivity contribution in [1.29, 1.82) is 0 Å². The van der Waals surface area contributed by atoms with E-state index in [2.05, 4.69) is 21.0 Å². The van der Waals surface area contributed by atoms with Crippen LogP contribution < -0.4 is 0 Å². The molecule has 0 aliphatic heterocycles. The first-order valence-electron chi connectivity index (χ1n) is 5.27. The Balaban J connectivity index is 2.16. The zero-order chi connectivity index (χ0) is 13.1. The molecule has 1 aromatic heterocycles. The number of nitrogens with zero attached hydrogens (tertiary/aromatic N) is 2. The molecule has 0 atom stereocenters. The summed E-state index contributed by atoms with van der Waals surface area (Å²) < 4.78 is 2.38. The van der Waals surface area contributed by atoms with Gasteiger partial charge in [-0.15, -0.1) is 0 Å². The largest absolute Gasteiger partial charge is 0.504 e. The van der Waals surface area contributed by atoms with E-state index in [9.17, 15) is 9.90 Å². The van der Waals surface area contributed by atoms with E-state index >= 15 is 0 Å². The van der Waals surface area contributed by atoms with Crippen LogP contribution in [0.4, 0.5) is 0 Å². The highest BCUT2D eigenvalue weighted by atomic mass is 79.9. The topological polar surface area (TPSA) is 55.1 Å². The second-order valence-electron chi connectivity index (χ2n) is 3.79. The molecule has 4 nitrogen and oxygen atoms in total. The lowest BCUT2D eigenvalue weighted by atomic mass is 10.2. The second kappa shape index (κ2) is 5.18. The van der Waals surface area contributed by atoms with Crippen LogP contribution in [0.1, 0.15) is 16.1 Å². The molecule has 2 rings (SSSR count). The molecule has 1 N–H and O–H groups in total. The molecule has 5 heteroatoms. The Kier molecular flexibility index (Phi) is 3.62. The summed E-state index contributed by atoms with van der Waals surface area (Å²) in [5.74, 6) is -0.432. The number of halogens is 1. The molecule has 18 heavy (non-hydrogen) atoms. The highest BCUT2D eigenvalue weighted by molar-refractivity contribution is 9.10. The van der Waals surface area contributed by atoms with Crippen LogP contribution in [0.5, 0.6) is 5.75 Å². The van der Waals surface area contributed by atoms with Gasteiger partial charge in [-0.2, -0.15) is 5.10 Å². The number of ketones is 1. The molecule has 92 valence electrons. The van der Waals surface area contributed by atoms with Crippen molar-refractivity contribution in [2.24, 2.45) is 7.05 Å². The van der Waals surface area contributed by atoms with E-state index < -0.39 is 0 Å². The Hall–Kier alpha value is -1.88. The van der Waals surface area contributed by atoms with Crippen molar-refractivity contribution < 1.29 is 9.90 Å². The normalized spacial score (nSPS) is 11.0. The Labute approximate surface area is 113 Å². The fraction of sp³-hybridized carbons (Fsp3) is 0.0769. The Morgan fingerprint density at radius 3 is 2.61 bits per heavy atom. The zero-order valence-electron chi connectivity index (χ0n) is 9.67. The predicted octanol–water partition coefficient (Wildman–Crippen LogP) is 2.78. The van der Waals surface area contributed by atoms with Crippen LogP contribution >= 0.6 is 15.9 Å². The van der Waals surface area contributed by atoms with Gasteiger partial charge in [0.05, 0.1) is 6.20 Å². The van der Waals surface area contributed by atoms with Gasteiger partial charge in [0.25, 0.3) is 0 Å². The van der Waals surface area contributed by atoms with Gasteiger partial charge in [0.2, 0.25) is 5.78 Å². The molecule has 1 heterocycles. The number of aromatic nitrogens is 2. The summed E-state index contributed by atoms with van der Waals surface area (Å²) in [6.07, 6.45) is 4.47. The molecule has 0 saturated heterocycles. The van der Waals surface area contributed by atoms with Gasteiger partial charge in [0, 0.05) is 11.5 Å². The van der Waals surface area contributed by atoms with Crippen molar-refractivity contribution in [3.8, 4) is 5.75 Å². The van der Waals surface area contributed by atoms with E-state index in [1.54, 1.807) is 13.1 Å². The lowest BCUT2D eigenvalue weighted by Gasteiger charge is -1.94. The van der Waals surface area contributed by atoms with E-state index in [1.807, 2.05) is 24.3 Å². The third-order valence-corrected chi connectivity index (χ3v) is 2.87. The Morgan fingerprint density at radius 2 is 2.06 bits per heavy atom. The van der Waals surface area contributed by atoms with Crippen molar-refractivity contribution in [1.82, 2.24) is 9.78 Å². The van der Waals surface area contributed by atoms with Gasteiger partial charge in [0.15, 0.2) is 11.4 Å². The number of allylic oxidation sites excluding steroid dienone is 1. The van der Waals surface area contributed by atoms with E-state index in [1.165, 1.54) is 17.0 Å². The molecule has 0 unspecified atom stereocenters. The minimum atomic E-state index is -0.323. The Bertz CT molecular complexity index is 600. The van der Waals surface area contributed by atoms with Gasteiger partial charge >= 0.3 is 0 Å². The molecule has 0 aliphatic rings. The lowest BCUT2D eigenvalue weighted by Crippen LogP contribution is -1.97. The van der Waals surface area contributed by atoms with Crippen LogP contribution in [0.25, 0.3) is 6.08 Å². The summed E-state index contributed by atoms with van der Waals surface area (Å²) in [4.78, 5) is 11.8. The van der Waals surface area contributed by atoms with Crippen LogP contribution in [-0.4, -0.2) is 20.7 Å². The van der Waals surface area contributed by atoms with Crippen LogP contribution in [0.2, 0.25) is 0 Å². The van der Waals surface area contributed by atoms with Gasteiger partial charge in [-0.25, -0.2) is 0 Å². The SMILES string of the molecule is Cn1cc(O)c(C(=O)C=Cc2ccc(Br)cc2)n1. The first-order valence-corrected chi connectivity index (χ1v) is 6.06. The maximum atomic E-state index is 11.8. The minimum absolute atomic E-state index is 0.0610. The summed E-state index contributed by atoms with van der Waals surface area (Å²) in [6.45, 7) is 0. The summed E-state index contributed by atoms with van der Waals surface area (Å²) in [6, 6.07) is 7.54. The number of hydrogen-bond donors (Lipinski definition) is 1. The number of aryl methyl sites for hydroxylation is 1. The van der Waals surface area contributed by atoms with Crippen LogP contribution in [0.15, 0.2) is 41.0 Å². The molecule has 0 bridgehead atoms. The first kappa shape index (κ1) is 12.6. The molecule has 0 radical (unpaired) electrons. The highest BCUT2D eigenvalue weighted by Crippen LogP contribution is 2.16. The van der Waals surface area contributed by atoms with Crippen LogP contribution in [0.3, 0.4) is 0 Å². The predicted molar refractivity (Wildman–Crippen MR) is 72.4 cm³/mol. The standard InChI is InChI=1S/C13H11BrN2O2/c1-16-8-12(18)13(15-16)11(17)7-4-9-2-5-10(14)6-3-9/h2-8,18H,1H3. The van der Waals surface area contributed by atoms with E-state index in [-0.39, 0.29) is 17.2 Å². The molecular formula is C13H11BrN2O2. The minimum Gasteiger partial charge on any atom is -0.504 e. The molecule has 0 amide bonds. The molecule has 1 aromatic carbocycles. The van der Waals surface area contributed by atoms with E-state index in [0.717, 1.165) is 10.0 Å². The Morgan fingerprint density at radius 1 is 1.39 bits per heavy atom. The first-order chi connectivity index (χ1) is 8.56. The van der Waals surface area contributed by atoms with Gasteiger partial charge in [0.1, 0.15) is 0 Å². The summed E-state index contributed by atoms with van der Waals surface area (Å²) in [7, 11) is 1.65. The third kappa shape index (κ3) is 2.87. The number of rotatable bonds is 3. The number of hydrogen-bond acceptors (Lipinski definition) is 3. The number of aromatic hydroxyl groups is 1. The van der Waals surface area contributed by atoms with Crippen LogP contribution in [0, 0.1) is 0 Å². The lowest BCUT2D eigenvalue weighted by molar-refractivity contribution is 0.104. The molecule has 0 spiro atoms. The maximum absolute atomic E-state index is 11.8. The monoisotopic (exact) mass is 306 g/mol. The van der Waals surface area contributed by atoms with Crippen molar-refractivity contribution in [3.05, 3.63) is 52.3 Å². The van der Waals surface area contributed by atoms with Crippen molar-refractivity contribution >= 4 is 27.8 Å². The summed E-state index contributed by atoms with van der Waals surface area (Å²) >= 11 is 3.34. The number of benzene rings is 1.